The molecule has 3 aromatic rings. The van der Waals surface area contributed by atoms with Crippen molar-refractivity contribution in [1.82, 2.24) is 29.8 Å². The van der Waals surface area contributed by atoms with E-state index in [4.69, 9.17) is 10.5 Å². The van der Waals surface area contributed by atoms with E-state index in [1.165, 1.54) is 6.33 Å². The van der Waals surface area contributed by atoms with Crippen molar-refractivity contribution >= 4 is 23.6 Å². The minimum absolute atomic E-state index is 0.128. The number of aromatic nitrogens is 5. The van der Waals surface area contributed by atoms with Gasteiger partial charge in [0.25, 0.3) is 0 Å². The third-order valence-electron chi connectivity index (χ3n) is 5.40. The fourth-order valence-electron chi connectivity index (χ4n) is 3.52. The third kappa shape index (κ3) is 5.66. The lowest BCUT2D eigenvalue weighted by Crippen LogP contribution is -2.50. The highest BCUT2D eigenvalue weighted by molar-refractivity contribution is 5.88. The van der Waals surface area contributed by atoms with Crippen molar-refractivity contribution < 1.29 is 9.53 Å². The second kappa shape index (κ2) is 9.86. The van der Waals surface area contributed by atoms with E-state index in [1.807, 2.05) is 18.2 Å². The molecule has 0 aliphatic carbocycles. The molecule has 1 aliphatic heterocycles. The van der Waals surface area contributed by atoms with E-state index in [1.54, 1.807) is 23.4 Å². The molecular weight excluding hydrogens is 434 g/mol. The predicted octanol–water partition coefficient (Wildman–Crippen LogP) is 2.47. The summed E-state index contributed by atoms with van der Waals surface area (Å²) in [6, 6.07) is 7.08. The van der Waals surface area contributed by atoms with Crippen molar-refractivity contribution in [3.8, 4) is 5.75 Å². The number of nitrogens with zero attached hydrogens (tertiary/aromatic N) is 7. The van der Waals surface area contributed by atoms with Crippen LogP contribution >= 0.6 is 0 Å². The van der Waals surface area contributed by atoms with Crippen LogP contribution in [-0.2, 0) is 12.0 Å². The minimum Gasteiger partial charge on any atom is -0.483 e. The Morgan fingerprint density at radius 1 is 1.09 bits per heavy atom. The molecule has 3 aromatic heterocycles. The van der Waals surface area contributed by atoms with E-state index in [9.17, 15) is 4.79 Å². The fraction of sp³-hybridized carbons (Fsp3) is 0.391. The molecular formula is C23H29N9O2. The summed E-state index contributed by atoms with van der Waals surface area (Å²) < 4.78 is 5.97. The average molecular weight is 464 g/mol. The van der Waals surface area contributed by atoms with Crippen LogP contribution in [0.15, 0.2) is 43.0 Å². The standard InChI is InChI=1S/C23H29N9O2/c1-23(2,3)18-13-19(28-15-27-18)30-22(33)32-11-9-31(10-12-32)20-17(5-4-7-25-20)34-14-16-6-8-26-21(24)29-16/h4-8,13,15H,9-12,14H2,1-3H3,(H2,24,26,29)(H,27,28,30,33). The Morgan fingerprint density at radius 3 is 2.62 bits per heavy atom. The molecule has 178 valence electrons. The first-order valence-electron chi connectivity index (χ1n) is 11.1. The van der Waals surface area contributed by atoms with Crippen LogP contribution in [0.3, 0.4) is 0 Å². The highest BCUT2D eigenvalue weighted by Crippen LogP contribution is 2.27. The zero-order valence-corrected chi connectivity index (χ0v) is 19.6. The van der Waals surface area contributed by atoms with Gasteiger partial charge in [0.05, 0.1) is 11.4 Å². The number of rotatable bonds is 5. The quantitative estimate of drug-likeness (QED) is 0.585. The average Bonchev–Trinajstić information content (AvgIpc) is 2.83. The largest absolute Gasteiger partial charge is 0.483 e. The second-order valence-electron chi connectivity index (χ2n) is 8.96. The van der Waals surface area contributed by atoms with Crippen LogP contribution in [-0.4, -0.2) is 62.0 Å². The van der Waals surface area contributed by atoms with Gasteiger partial charge < -0.3 is 20.3 Å². The van der Waals surface area contributed by atoms with Crippen LogP contribution in [0.5, 0.6) is 5.75 Å². The molecule has 0 spiro atoms. The molecule has 0 radical (unpaired) electrons. The summed E-state index contributed by atoms with van der Waals surface area (Å²) >= 11 is 0. The Bertz CT molecular complexity index is 1140. The first-order valence-corrected chi connectivity index (χ1v) is 11.1. The number of amides is 2. The number of anilines is 3. The molecule has 0 atom stereocenters. The maximum Gasteiger partial charge on any atom is 0.323 e. The summed E-state index contributed by atoms with van der Waals surface area (Å²) in [5.74, 6) is 2.08. The zero-order chi connectivity index (χ0) is 24.1. The summed E-state index contributed by atoms with van der Waals surface area (Å²) in [5, 5.41) is 2.89. The van der Waals surface area contributed by atoms with Gasteiger partial charge in [0.15, 0.2) is 11.6 Å². The molecule has 1 fully saturated rings. The fourth-order valence-corrected chi connectivity index (χ4v) is 3.52. The summed E-state index contributed by atoms with van der Waals surface area (Å²) in [7, 11) is 0. The van der Waals surface area contributed by atoms with Crippen LogP contribution in [0.2, 0.25) is 0 Å². The topological polar surface area (TPSA) is 135 Å². The molecule has 34 heavy (non-hydrogen) atoms. The molecule has 11 heteroatoms. The number of nitrogens with one attached hydrogen (secondary N) is 1. The van der Waals surface area contributed by atoms with Crippen LogP contribution in [0.4, 0.5) is 22.4 Å². The van der Waals surface area contributed by atoms with Crippen molar-refractivity contribution in [2.75, 3.05) is 42.1 Å². The number of pyridine rings is 1. The zero-order valence-electron chi connectivity index (χ0n) is 19.6. The summed E-state index contributed by atoms with van der Waals surface area (Å²) in [6.07, 6.45) is 4.80. The van der Waals surface area contributed by atoms with Gasteiger partial charge in [-0.3, -0.25) is 5.32 Å². The lowest BCUT2D eigenvalue weighted by molar-refractivity contribution is 0.207. The Labute approximate surface area is 198 Å². The lowest BCUT2D eigenvalue weighted by Gasteiger charge is -2.35. The van der Waals surface area contributed by atoms with Gasteiger partial charge in [0.1, 0.15) is 18.8 Å². The molecule has 1 saturated heterocycles. The van der Waals surface area contributed by atoms with E-state index < -0.39 is 0 Å². The second-order valence-corrected chi connectivity index (χ2v) is 8.96. The van der Waals surface area contributed by atoms with Gasteiger partial charge >= 0.3 is 6.03 Å². The van der Waals surface area contributed by atoms with Crippen LogP contribution in [0, 0.1) is 0 Å². The van der Waals surface area contributed by atoms with Crippen molar-refractivity contribution in [3.63, 3.8) is 0 Å². The number of ether oxygens (including phenoxy) is 1. The van der Waals surface area contributed by atoms with Gasteiger partial charge in [-0.2, -0.15) is 0 Å². The minimum atomic E-state index is -0.183. The highest BCUT2D eigenvalue weighted by atomic mass is 16.5. The number of carbonyl (C=O) groups excluding carboxylic acids is 1. The predicted molar refractivity (Wildman–Crippen MR) is 129 cm³/mol. The van der Waals surface area contributed by atoms with Crippen molar-refractivity contribution in [2.24, 2.45) is 0 Å². The van der Waals surface area contributed by atoms with E-state index in [0.717, 1.165) is 11.5 Å². The number of carbonyl (C=O) groups is 1. The Kier molecular flexibility index (Phi) is 6.71. The first kappa shape index (κ1) is 23.1. The SMILES string of the molecule is CC(C)(C)c1cc(NC(=O)N2CCN(c3ncccc3OCc3ccnc(N)n3)CC2)ncn1. The lowest BCUT2D eigenvalue weighted by atomic mass is 9.92. The monoisotopic (exact) mass is 463 g/mol. The molecule has 2 amide bonds. The molecule has 11 nitrogen and oxygen atoms in total. The number of urea groups is 1. The normalized spacial score (nSPS) is 14.1. The molecule has 4 rings (SSSR count). The van der Waals surface area contributed by atoms with Crippen molar-refractivity contribution in [3.05, 3.63) is 54.4 Å². The van der Waals surface area contributed by atoms with Gasteiger partial charge in [-0.15, -0.1) is 0 Å². The van der Waals surface area contributed by atoms with Gasteiger partial charge in [0.2, 0.25) is 5.95 Å². The summed E-state index contributed by atoms with van der Waals surface area (Å²) in [5.41, 5.74) is 7.07. The number of nitrogens with two attached hydrogens (primary N) is 1. The van der Waals surface area contributed by atoms with Gasteiger partial charge in [-0.05, 0) is 18.2 Å². The van der Waals surface area contributed by atoms with E-state index >= 15 is 0 Å². The third-order valence-corrected chi connectivity index (χ3v) is 5.40. The molecule has 4 heterocycles. The van der Waals surface area contributed by atoms with Crippen LogP contribution in [0.25, 0.3) is 0 Å². The summed E-state index contributed by atoms with van der Waals surface area (Å²) in [6.45, 7) is 8.79. The molecule has 0 unspecified atom stereocenters. The van der Waals surface area contributed by atoms with Gasteiger partial charge in [-0.25, -0.2) is 29.7 Å². The number of hydrogen-bond acceptors (Lipinski definition) is 9. The van der Waals surface area contributed by atoms with E-state index in [0.29, 0.717) is 43.4 Å². The Balaban J connectivity index is 1.35. The number of hydrogen-bond donors (Lipinski definition) is 2. The van der Waals surface area contributed by atoms with Crippen molar-refractivity contribution in [2.45, 2.75) is 32.8 Å². The van der Waals surface area contributed by atoms with Crippen LogP contribution < -0.4 is 20.7 Å². The number of nitrogen functional groups attached to an aromatic ring is 1. The Morgan fingerprint density at radius 2 is 1.88 bits per heavy atom. The van der Waals surface area contributed by atoms with Crippen LogP contribution in [0.1, 0.15) is 32.2 Å². The molecule has 1 aliphatic rings. The Hall–Kier alpha value is -4.02. The van der Waals surface area contributed by atoms with E-state index in [-0.39, 0.29) is 24.0 Å². The van der Waals surface area contributed by atoms with Gasteiger partial charge in [-0.1, -0.05) is 20.8 Å². The molecule has 3 N–H and O–H groups in total. The van der Waals surface area contributed by atoms with Gasteiger partial charge in [0, 0.05) is 50.1 Å². The van der Waals surface area contributed by atoms with Crippen molar-refractivity contribution in [1.29, 1.82) is 0 Å². The maximum absolute atomic E-state index is 12.8. The first-order chi connectivity index (χ1) is 16.3. The molecule has 0 bridgehead atoms. The molecule has 0 aromatic carbocycles. The van der Waals surface area contributed by atoms with E-state index in [2.05, 4.69) is 55.9 Å². The molecule has 0 saturated carbocycles. The smallest absolute Gasteiger partial charge is 0.323 e. The summed E-state index contributed by atoms with van der Waals surface area (Å²) in [4.78, 5) is 37.7. The number of piperazine rings is 1. The highest BCUT2D eigenvalue weighted by Gasteiger charge is 2.25. The maximum atomic E-state index is 12.8.